The van der Waals surface area contributed by atoms with Gasteiger partial charge in [-0.15, -0.1) is 0 Å². The lowest BCUT2D eigenvalue weighted by atomic mass is 9.82. The van der Waals surface area contributed by atoms with Gasteiger partial charge in [0.25, 0.3) is 0 Å². The van der Waals surface area contributed by atoms with E-state index < -0.39 is 9.76 Å². The summed E-state index contributed by atoms with van der Waals surface area (Å²) >= 11 is 0. The molecule has 5 heteroatoms. The highest BCUT2D eigenvalue weighted by Crippen LogP contribution is 2.49. The predicted octanol–water partition coefficient (Wildman–Crippen LogP) is 4.78. The standard InChI is InChI=1S/C22H44O4Si/c1-5-9-12-21(26-19(11-7-3)18-13-16-23-18)22(15-10-6-2,27-25-8-4)20-14-17-24-20/h18-21H,5-17,27H2,1-4H3. The van der Waals surface area contributed by atoms with E-state index in [-0.39, 0.29) is 17.2 Å². The topological polar surface area (TPSA) is 36.9 Å². The van der Waals surface area contributed by atoms with E-state index in [1.807, 2.05) is 0 Å². The zero-order valence-corrected chi connectivity index (χ0v) is 19.8. The van der Waals surface area contributed by atoms with Gasteiger partial charge < -0.3 is 18.6 Å². The van der Waals surface area contributed by atoms with Gasteiger partial charge in [0.15, 0.2) is 9.76 Å². The minimum absolute atomic E-state index is 0.120. The maximum absolute atomic E-state index is 6.96. The molecule has 4 nitrogen and oxygen atoms in total. The quantitative estimate of drug-likeness (QED) is 0.350. The van der Waals surface area contributed by atoms with E-state index >= 15 is 0 Å². The summed E-state index contributed by atoms with van der Waals surface area (Å²) in [5, 5.41) is 0.120. The summed E-state index contributed by atoms with van der Waals surface area (Å²) < 4.78 is 25.2. The van der Waals surface area contributed by atoms with E-state index in [2.05, 4.69) is 27.7 Å². The molecule has 2 rings (SSSR count). The molecule has 27 heavy (non-hydrogen) atoms. The van der Waals surface area contributed by atoms with Crippen molar-refractivity contribution >= 4 is 9.76 Å². The lowest BCUT2D eigenvalue weighted by molar-refractivity contribution is -0.187. The van der Waals surface area contributed by atoms with Gasteiger partial charge in [0.05, 0.1) is 24.4 Å². The smallest absolute Gasteiger partial charge is 0.172 e. The zero-order valence-electron chi connectivity index (χ0n) is 18.3. The second kappa shape index (κ2) is 12.6. The molecule has 5 atom stereocenters. The second-order valence-electron chi connectivity index (χ2n) is 8.41. The van der Waals surface area contributed by atoms with Crippen LogP contribution >= 0.6 is 0 Å². The van der Waals surface area contributed by atoms with Gasteiger partial charge in [0.1, 0.15) is 0 Å². The Morgan fingerprint density at radius 3 is 2.15 bits per heavy atom. The molecule has 2 aliphatic rings. The number of hydrogen-bond donors (Lipinski definition) is 0. The molecule has 5 unspecified atom stereocenters. The van der Waals surface area contributed by atoms with Crippen molar-refractivity contribution in [2.24, 2.45) is 0 Å². The molecule has 2 aliphatic heterocycles. The van der Waals surface area contributed by atoms with Gasteiger partial charge in [-0.3, -0.25) is 0 Å². The summed E-state index contributed by atoms with van der Waals surface area (Å²) in [6, 6.07) is 0. The van der Waals surface area contributed by atoms with E-state index in [1.165, 1.54) is 38.5 Å². The van der Waals surface area contributed by atoms with Crippen molar-refractivity contribution in [2.45, 2.75) is 121 Å². The molecule has 0 spiro atoms. The fourth-order valence-corrected chi connectivity index (χ4v) is 6.51. The lowest BCUT2D eigenvalue weighted by Gasteiger charge is -2.50. The van der Waals surface area contributed by atoms with Crippen LogP contribution in [0, 0.1) is 0 Å². The number of unbranched alkanes of at least 4 members (excludes halogenated alkanes) is 2. The number of hydrogen-bond acceptors (Lipinski definition) is 4. The molecular formula is C22H44O4Si. The largest absolute Gasteiger partial charge is 0.424 e. The highest BCUT2D eigenvalue weighted by Gasteiger charge is 2.50. The lowest BCUT2D eigenvalue weighted by Crippen LogP contribution is -2.53. The molecule has 2 heterocycles. The Kier molecular flexibility index (Phi) is 10.9. The van der Waals surface area contributed by atoms with Crippen molar-refractivity contribution in [3.05, 3.63) is 0 Å². The molecule has 0 aliphatic carbocycles. The monoisotopic (exact) mass is 400 g/mol. The predicted molar refractivity (Wildman–Crippen MR) is 114 cm³/mol. The Hall–Kier alpha value is 0.0569. The van der Waals surface area contributed by atoms with Crippen molar-refractivity contribution in [1.29, 1.82) is 0 Å². The maximum atomic E-state index is 6.96. The molecule has 0 bridgehead atoms. The van der Waals surface area contributed by atoms with Gasteiger partial charge >= 0.3 is 0 Å². The molecule has 0 amide bonds. The first-order valence-electron chi connectivity index (χ1n) is 11.7. The Bertz CT molecular complexity index is 377. The summed E-state index contributed by atoms with van der Waals surface area (Å²) in [6.45, 7) is 11.6. The van der Waals surface area contributed by atoms with E-state index in [1.54, 1.807) is 0 Å². The summed E-state index contributed by atoms with van der Waals surface area (Å²) in [4.78, 5) is 0. The average molecular weight is 401 g/mol. The van der Waals surface area contributed by atoms with Crippen LogP contribution in [-0.4, -0.2) is 54.0 Å². The zero-order chi connectivity index (χ0) is 19.5. The molecule has 0 aromatic rings. The van der Waals surface area contributed by atoms with Crippen LogP contribution in [0.25, 0.3) is 0 Å². The van der Waals surface area contributed by atoms with Crippen LogP contribution < -0.4 is 0 Å². The molecule has 0 radical (unpaired) electrons. The Morgan fingerprint density at radius 1 is 0.963 bits per heavy atom. The van der Waals surface area contributed by atoms with Crippen LogP contribution in [0.5, 0.6) is 0 Å². The third-order valence-electron chi connectivity index (χ3n) is 6.43. The maximum Gasteiger partial charge on any atom is 0.172 e. The molecule has 0 saturated carbocycles. The molecule has 2 saturated heterocycles. The first kappa shape index (κ1) is 23.3. The fourth-order valence-electron chi connectivity index (χ4n) is 4.54. The van der Waals surface area contributed by atoms with Gasteiger partial charge in [-0.05, 0) is 39.0 Å². The number of ether oxygens (including phenoxy) is 3. The van der Waals surface area contributed by atoms with Gasteiger partial charge in [-0.25, -0.2) is 0 Å². The van der Waals surface area contributed by atoms with Crippen LogP contribution in [-0.2, 0) is 18.6 Å². The Labute approximate surface area is 170 Å². The minimum atomic E-state index is -0.745. The summed E-state index contributed by atoms with van der Waals surface area (Å²) in [6.07, 6.45) is 12.9. The Balaban J connectivity index is 2.22. The van der Waals surface area contributed by atoms with Crippen LogP contribution in [0.1, 0.15) is 91.9 Å². The molecular weight excluding hydrogens is 356 g/mol. The number of rotatable bonds is 16. The molecule has 2 fully saturated rings. The summed E-state index contributed by atoms with van der Waals surface area (Å²) in [5.41, 5.74) is 0. The van der Waals surface area contributed by atoms with Gasteiger partial charge in [0, 0.05) is 24.9 Å². The molecule has 0 aromatic carbocycles. The molecule has 0 aromatic heterocycles. The van der Waals surface area contributed by atoms with E-state index in [9.17, 15) is 0 Å². The summed E-state index contributed by atoms with van der Waals surface area (Å²) in [7, 11) is -0.745. The van der Waals surface area contributed by atoms with Gasteiger partial charge in [-0.2, -0.15) is 0 Å². The molecule has 160 valence electrons. The van der Waals surface area contributed by atoms with E-state index in [4.69, 9.17) is 18.6 Å². The van der Waals surface area contributed by atoms with Crippen LogP contribution in [0.4, 0.5) is 0 Å². The average Bonchev–Trinajstić information content (AvgIpc) is 2.58. The van der Waals surface area contributed by atoms with Crippen LogP contribution in [0.15, 0.2) is 0 Å². The first-order valence-corrected chi connectivity index (χ1v) is 13.0. The third kappa shape index (κ3) is 6.27. The highest BCUT2D eigenvalue weighted by atomic mass is 28.2. The van der Waals surface area contributed by atoms with Crippen molar-refractivity contribution < 1.29 is 18.6 Å². The SMILES string of the molecule is CCCCC(OC(CCC)C1CCO1)C(CCCC)([SiH2]OCC)C1CCO1. The minimum Gasteiger partial charge on any atom is -0.424 e. The molecule has 0 N–H and O–H groups in total. The van der Waals surface area contributed by atoms with E-state index in [0.29, 0.717) is 12.2 Å². The van der Waals surface area contributed by atoms with Crippen LogP contribution in [0.2, 0.25) is 5.04 Å². The summed E-state index contributed by atoms with van der Waals surface area (Å²) in [5.74, 6) is 0. The first-order chi connectivity index (χ1) is 13.2. The van der Waals surface area contributed by atoms with Gasteiger partial charge in [-0.1, -0.05) is 52.9 Å². The fraction of sp³-hybridized carbons (Fsp3) is 1.00. The Morgan fingerprint density at radius 2 is 1.67 bits per heavy atom. The second-order valence-corrected chi connectivity index (χ2v) is 10.4. The van der Waals surface area contributed by atoms with Crippen molar-refractivity contribution in [1.82, 2.24) is 0 Å². The third-order valence-corrected chi connectivity index (χ3v) is 8.85. The van der Waals surface area contributed by atoms with Crippen molar-refractivity contribution in [2.75, 3.05) is 19.8 Å². The van der Waals surface area contributed by atoms with E-state index in [0.717, 1.165) is 45.5 Å². The van der Waals surface area contributed by atoms with Crippen molar-refractivity contribution in [3.8, 4) is 0 Å². The van der Waals surface area contributed by atoms with Crippen LogP contribution in [0.3, 0.4) is 0 Å². The van der Waals surface area contributed by atoms with Crippen molar-refractivity contribution in [3.63, 3.8) is 0 Å². The highest BCUT2D eigenvalue weighted by molar-refractivity contribution is 6.33. The normalized spacial score (nSPS) is 27.1. The van der Waals surface area contributed by atoms with Gasteiger partial charge in [0.2, 0.25) is 0 Å².